The van der Waals surface area contributed by atoms with Crippen LogP contribution in [-0.2, 0) is 9.31 Å². The first-order valence-corrected chi connectivity index (χ1v) is 9.22. The Balaban J connectivity index is 1.77. The van der Waals surface area contributed by atoms with Crippen molar-refractivity contribution in [3.05, 3.63) is 35.8 Å². The Kier molecular flexibility index (Phi) is 7.11. The Morgan fingerprint density at radius 3 is 2.16 bits per heavy atom. The summed E-state index contributed by atoms with van der Waals surface area (Å²) >= 11 is 0. The van der Waals surface area contributed by atoms with Gasteiger partial charge in [0, 0.05) is 6.61 Å². The van der Waals surface area contributed by atoms with Crippen LogP contribution >= 0.6 is 0 Å². The molecule has 0 amide bonds. The summed E-state index contributed by atoms with van der Waals surface area (Å²) in [6, 6.07) is 8.03. The molecule has 0 aliphatic carbocycles. The van der Waals surface area contributed by atoms with Crippen LogP contribution in [0, 0.1) is 0 Å². The van der Waals surface area contributed by atoms with Crippen molar-refractivity contribution in [1.29, 1.82) is 0 Å². The summed E-state index contributed by atoms with van der Waals surface area (Å²) in [6.07, 6.45) is 6.06. The maximum atomic E-state index is 8.74. The van der Waals surface area contributed by atoms with E-state index in [1.165, 1.54) is 0 Å². The van der Waals surface area contributed by atoms with E-state index in [1.807, 2.05) is 36.3 Å². The Hall–Kier alpha value is -1.30. The smallest absolute Gasteiger partial charge is 0.487 e. The van der Waals surface area contributed by atoms with Crippen molar-refractivity contribution < 1.29 is 19.2 Å². The molecule has 1 saturated heterocycles. The summed E-state index contributed by atoms with van der Waals surface area (Å²) in [5.74, 6) is 2.84. The minimum absolute atomic E-state index is 0.280. The third kappa shape index (κ3) is 5.87. The SMILES string of the molecule is CC1(C)OB(/C=C/c2ccc(OCCCCCCO)cc2)OC1(C)C. The zero-order valence-corrected chi connectivity index (χ0v) is 16.0. The molecule has 0 atom stereocenters. The minimum atomic E-state index is -0.320. The molecule has 0 saturated carbocycles. The quantitative estimate of drug-likeness (QED) is 0.536. The van der Waals surface area contributed by atoms with Crippen molar-refractivity contribution in [2.75, 3.05) is 13.2 Å². The molecule has 4 nitrogen and oxygen atoms in total. The second-order valence-corrected chi connectivity index (χ2v) is 7.54. The number of aliphatic hydroxyl groups excluding tert-OH is 1. The number of aliphatic hydroxyl groups is 1. The van der Waals surface area contributed by atoms with Crippen LogP contribution < -0.4 is 4.74 Å². The van der Waals surface area contributed by atoms with Gasteiger partial charge in [-0.3, -0.25) is 0 Å². The van der Waals surface area contributed by atoms with Crippen LogP contribution in [0.3, 0.4) is 0 Å². The van der Waals surface area contributed by atoms with Crippen LogP contribution in [0.25, 0.3) is 6.08 Å². The van der Waals surface area contributed by atoms with E-state index in [0.29, 0.717) is 6.61 Å². The van der Waals surface area contributed by atoms with Gasteiger partial charge in [0.2, 0.25) is 0 Å². The molecule has 2 rings (SSSR count). The summed E-state index contributed by atoms with van der Waals surface area (Å²) in [4.78, 5) is 0. The van der Waals surface area contributed by atoms with E-state index < -0.39 is 0 Å². The first-order valence-electron chi connectivity index (χ1n) is 9.22. The van der Waals surface area contributed by atoms with Gasteiger partial charge in [0.25, 0.3) is 0 Å². The largest absolute Gasteiger partial charge is 0.494 e. The average molecular weight is 346 g/mol. The predicted octanol–water partition coefficient (Wildman–Crippen LogP) is 4.26. The van der Waals surface area contributed by atoms with E-state index in [9.17, 15) is 0 Å². The molecule has 1 aliphatic rings. The highest BCUT2D eigenvalue weighted by molar-refractivity contribution is 6.52. The number of ether oxygens (including phenoxy) is 1. The standard InChI is InChI=1S/C20H31BO4/c1-19(2)20(3,4)25-21(24-19)14-13-17-9-11-18(12-10-17)23-16-8-6-5-7-15-22/h9-14,22H,5-8,15-16H2,1-4H3/b14-13+. The summed E-state index contributed by atoms with van der Waals surface area (Å²) in [5, 5.41) is 8.74. The Morgan fingerprint density at radius 2 is 1.56 bits per heavy atom. The molecular weight excluding hydrogens is 315 g/mol. The molecule has 0 radical (unpaired) electrons. The number of hydrogen-bond acceptors (Lipinski definition) is 4. The number of rotatable bonds is 9. The summed E-state index contributed by atoms with van der Waals surface area (Å²) in [7, 11) is -0.320. The molecule has 0 bridgehead atoms. The summed E-state index contributed by atoms with van der Waals surface area (Å²) < 4.78 is 17.6. The highest BCUT2D eigenvalue weighted by Crippen LogP contribution is 2.37. The lowest BCUT2D eigenvalue weighted by atomic mass is 9.89. The van der Waals surface area contributed by atoms with Crippen LogP contribution in [0.1, 0.15) is 58.9 Å². The highest BCUT2D eigenvalue weighted by atomic mass is 16.7. The molecule has 1 aromatic carbocycles. The molecule has 0 spiro atoms. The van der Waals surface area contributed by atoms with E-state index in [-0.39, 0.29) is 24.9 Å². The van der Waals surface area contributed by atoms with Crippen molar-refractivity contribution in [1.82, 2.24) is 0 Å². The van der Waals surface area contributed by atoms with Crippen molar-refractivity contribution in [3.8, 4) is 5.75 Å². The fourth-order valence-corrected chi connectivity index (χ4v) is 2.59. The van der Waals surface area contributed by atoms with Crippen molar-refractivity contribution >= 4 is 13.2 Å². The van der Waals surface area contributed by atoms with E-state index in [4.69, 9.17) is 19.2 Å². The van der Waals surface area contributed by atoms with Gasteiger partial charge in [0.05, 0.1) is 17.8 Å². The molecule has 138 valence electrons. The lowest BCUT2D eigenvalue weighted by Gasteiger charge is -2.32. The van der Waals surface area contributed by atoms with Gasteiger partial charge in [-0.1, -0.05) is 30.6 Å². The maximum absolute atomic E-state index is 8.74. The van der Waals surface area contributed by atoms with E-state index in [0.717, 1.165) is 37.0 Å². The fraction of sp³-hybridized carbons (Fsp3) is 0.600. The molecule has 1 heterocycles. The van der Waals surface area contributed by atoms with Gasteiger partial charge < -0.3 is 19.2 Å². The Morgan fingerprint density at radius 1 is 0.960 bits per heavy atom. The minimum Gasteiger partial charge on any atom is -0.494 e. The monoisotopic (exact) mass is 346 g/mol. The number of unbranched alkanes of at least 4 members (excludes halogenated alkanes) is 3. The number of benzene rings is 1. The fourth-order valence-electron chi connectivity index (χ4n) is 2.59. The van der Waals surface area contributed by atoms with Crippen LogP contribution in [0.2, 0.25) is 0 Å². The van der Waals surface area contributed by atoms with Crippen LogP contribution in [0.15, 0.2) is 30.2 Å². The zero-order valence-electron chi connectivity index (χ0n) is 16.0. The lowest BCUT2D eigenvalue weighted by molar-refractivity contribution is 0.00578. The van der Waals surface area contributed by atoms with Gasteiger partial charge in [-0.05, 0) is 64.7 Å². The van der Waals surface area contributed by atoms with E-state index >= 15 is 0 Å². The van der Waals surface area contributed by atoms with Gasteiger partial charge in [0.15, 0.2) is 0 Å². The van der Waals surface area contributed by atoms with E-state index in [2.05, 4.69) is 27.7 Å². The molecule has 0 aromatic heterocycles. The first kappa shape index (κ1) is 20.0. The summed E-state index contributed by atoms with van der Waals surface area (Å²) in [5.41, 5.74) is 0.471. The van der Waals surface area contributed by atoms with Crippen molar-refractivity contribution in [2.45, 2.75) is 64.6 Å². The summed E-state index contributed by atoms with van der Waals surface area (Å²) in [6.45, 7) is 9.21. The van der Waals surface area contributed by atoms with Crippen molar-refractivity contribution in [3.63, 3.8) is 0 Å². The molecular formula is C20H31BO4. The van der Waals surface area contributed by atoms with Gasteiger partial charge in [-0.25, -0.2) is 0 Å². The van der Waals surface area contributed by atoms with Crippen LogP contribution in [0.5, 0.6) is 5.75 Å². The van der Waals surface area contributed by atoms with Gasteiger partial charge in [-0.15, -0.1) is 0 Å². The lowest BCUT2D eigenvalue weighted by Crippen LogP contribution is -2.41. The second kappa shape index (κ2) is 8.88. The molecule has 0 unspecified atom stereocenters. The molecule has 1 fully saturated rings. The molecule has 1 aromatic rings. The third-order valence-corrected chi connectivity index (χ3v) is 4.92. The van der Waals surface area contributed by atoms with Crippen LogP contribution in [-0.4, -0.2) is 36.6 Å². The van der Waals surface area contributed by atoms with E-state index in [1.54, 1.807) is 0 Å². The topological polar surface area (TPSA) is 47.9 Å². The Bertz CT molecular complexity index is 535. The highest BCUT2D eigenvalue weighted by Gasteiger charge is 2.49. The third-order valence-electron chi connectivity index (χ3n) is 4.92. The number of hydrogen-bond donors (Lipinski definition) is 1. The van der Waals surface area contributed by atoms with Crippen LogP contribution in [0.4, 0.5) is 0 Å². The van der Waals surface area contributed by atoms with Gasteiger partial charge in [-0.2, -0.15) is 0 Å². The molecule has 25 heavy (non-hydrogen) atoms. The normalized spacial score (nSPS) is 18.8. The first-order chi connectivity index (χ1) is 11.8. The van der Waals surface area contributed by atoms with Gasteiger partial charge >= 0.3 is 7.12 Å². The zero-order chi connectivity index (χ0) is 18.3. The van der Waals surface area contributed by atoms with Crippen molar-refractivity contribution in [2.24, 2.45) is 0 Å². The van der Waals surface area contributed by atoms with Gasteiger partial charge in [0.1, 0.15) is 5.75 Å². The molecule has 5 heteroatoms. The molecule has 1 aliphatic heterocycles. The molecule has 1 N–H and O–H groups in total. The predicted molar refractivity (Wildman–Crippen MR) is 103 cm³/mol. The second-order valence-electron chi connectivity index (χ2n) is 7.54. The Labute approximate surface area is 152 Å². The average Bonchev–Trinajstić information content (AvgIpc) is 2.77. The maximum Gasteiger partial charge on any atom is 0.487 e.